The van der Waals surface area contributed by atoms with Gasteiger partial charge in [0, 0.05) is 50.8 Å². The van der Waals surface area contributed by atoms with E-state index < -0.39 is 0 Å². The van der Waals surface area contributed by atoms with Crippen molar-refractivity contribution in [1.82, 2.24) is 15.1 Å². The minimum atomic E-state index is 0.0604. The first kappa shape index (κ1) is 12.2. The molecule has 0 aromatic carbocycles. The van der Waals surface area contributed by atoms with E-state index in [2.05, 4.69) is 17.1 Å². The zero-order valence-electron chi connectivity index (χ0n) is 9.95. The van der Waals surface area contributed by atoms with Crippen LogP contribution in [0.5, 0.6) is 0 Å². The molecule has 4 nitrogen and oxygen atoms in total. The third-order valence-corrected chi connectivity index (χ3v) is 4.32. The van der Waals surface area contributed by atoms with Crippen molar-refractivity contribution in [2.45, 2.75) is 13.0 Å². The summed E-state index contributed by atoms with van der Waals surface area (Å²) in [7, 11) is 0. The van der Waals surface area contributed by atoms with E-state index in [9.17, 15) is 4.79 Å². The Kier molecular flexibility index (Phi) is 4.49. The van der Waals surface area contributed by atoms with Crippen molar-refractivity contribution in [2.24, 2.45) is 0 Å². The van der Waals surface area contributed by atoms with Crippen LogP contribution in [0, 0.1) is 0 Å². The molecule has 2 heterocycles. The first-order valence-electron chi connectivity index (χ1n) is 6.10. The number of nitrogens with one attached hydrogen (secondary N) is 1. The molecule has 0 spiro atoms. The molecule has 1 N–H and O–H groups in total. The summed E-state index contributed by atoms with van der Waals surface area (Å²) in [4.78, 5) is 16.6. The molecule has 1 amide bonds. The number of piperazine rings is 1. The van der Waals surface area contributed by atoms with Crippen LogP contribution in [0.2, 0.25) is 0 Å². The fourth-order valence-corrected chi connectivity index (χ4v) is 3.18. The molecule has 2 aliphatic heterocycles. The van der Waals surface area contributed by atoms with Crippen LogP contribution in [0.1, 0.15) is 6.92 Å². The molecule has 2 aliphatic rings. The molecule has 1 atom stereocenters. The fraction of sp³-hybridized carbons (Fsp3) is 0.909. The molecule has 0 aromatic rings. The summed E-state index contributed by atoms with van der Waals surface area (Å²) in [5, 5.41) is 3.32. The smallest absolute Gasteiger partial charge is 0.239 e. The molecule has 0 bridgehead atoms. The van der Waals surface area contributed by atoms with Crippen molar-refractivity contribution in [3.05, 3.63) is 0 Å². The van der Waals surface area contributed by atoms with Crippen LogP contribution in [-0.2, 0) is 4.79 Å². The second-order valence-corrected chi connectivity index (χ2v) is 5.62. The molecule has 5 heteroatoms. The predicted molar refractivity (Wildman–Crippen MR) is 67.8 cm³/mol. The Morgan fingerprint density at radius 1 is 1.19 bits per heavy atom. The van der Waals surface area contributed by atoms with Gasteiger partial charge in [-0.25, -0.2) is 0 Å². The van der Waals surface area contributed by atoms with Gasteiger partial charge in [-0.3, -0.25) is 9.69 Å². The summed E-state index contributed by atoms with van der Waals surface area (Å²) < 4.78 is 0. The van der Waals surface area contributed by atoms with Crippen molar-refractivity contribution in [1.29, 1.82) is 0 Å². The minimum Gasteiger partial charge on any atom is -0.340 e. The van der Waals surface area contributed by atoms with E-state index in [0.29, 0.717) is 5.91 Å². The lowest BCUT2D eigenvalue weighted by Crippen LogP contribution is -2.54. The highest BCUT2D eigenvalue weighted by Gasteiger charge is 2.27. The van der Waals surface area contributed by atoms with Gasteiger partial charge in [-0.1, -0.05) is 0 Å². The van der Waals surface area contributed by atoms with Gasteiger partial charge in [-0.2, -0.15) is 11.8 Å². The normalized spacial score (nSPS) is 25.4. The lowest BCUT2D eigenvalue weighted by Gasteiger charge is -2.36. The zero-order chi connectivity index (χ0) is 11.4. The minimum absolute atomic E-state index is 0.0604. The number of thioether (sulfide) groups is 1. The standard InChI is InChI=1S/C11H21N3OS/c1-10(13-4-2-12-3-5-13)11(15)14-6-8-16-9-7-14/h10,12H,2-9H2,1H3. The van der Waals surface area contributed by atoms with E-state index in [4.69, 9.17) is 0 Å². The van der Waals surface area contributed by atoms with Gasteiger partial charge >= 0.3 is 0 Å². The number of carbonyl (C=O) groups excluding carboxylic acids is 1. The molecular formula is C11H21N3OS. The summed E-state index contributed by atoms with van der Waals surface area (Å²) in [5.41, 5.74) is 0. The molecule has 0 saturated carbocycles. The Morgan fingerprint density at radius 2 is 1.81 bits per heavy atom. The van der Waals surface area contributed by atoms with Crippen LogP contribution in [0.4, 0.5) is 0 Å². The highest BCUT2D eigenvalue weighted by atomic mass is 32.2. The molecular weight excluding hydrogens is 222 g/mol. The Morgan fingerprint density at radius 3 is 2.44 bits per heavy atom. The first-order valence-corrected chi connectivity index (χ1v) is 7.26. The lowest BCUT2D eigenvalue weighted by atomic mass is 10.2. The van der Waals surface area contributed by atoms with Crippen molar-refractivity contribution in [3.8, 4) is 0 Å². The molecule has 16 heavy (non-hydrogen) atoms. The van der Waals surface area contributed by atoms with Crippen LogP contribution in [0.15, 0.2) is 0 Å². The van der Waals surface area contributed by atoms with Crippen molar-refractivity contribution < 1.29 is 4.79 Å². The van der Waals surface area contributed by atoms with Gasteiger partial charge in [0.25, 0.3) is 0 Å². The Balaban J connectivity index is 1.86. The number of hydrogen-bond donors (Lipinski definition) is 1. The predicted octanol–water partition coefficient (Wildman–Crippen LogP) is -0.144. The van der Waals surface area contributed by atoms with Gasteiger partial charge < -0.3 is 10.2 Å². The maximum Gasteiger partial charge on any atom is 0.239 e. The Hall–Kier alpha value is -0.260. The third-order valence-electron chi connectivity index (χ3n) is 3.38. The SMILES string of the molecule is CC(C(=O)N1CCSCC1)N1CCNCC1. The number of rotatable bonds is 2. The van der Waals surface area contributed by atoms with Gasteiger partial charge in [-0.15, -0.1) is 0 Å². The lowest BCUT2D eigenvalue weighted by molar-refractivity contribution is -0.136. The molecule has 2 saturated heterocycles. The summed E-state index contributed by atoms with van der Waals surface area (Å²) >= 11 is 1.95. The van der Waals surface area contributed by atoms with E-state index in [1.165, 1.54) is 0 Å². The molecule has 2 rings (SSSR count). The molecule has 2 fully saturated rings. The molecule has 0 aromatic heterocycles. The van der Waals surface area contributed by atoms with E-state index >= 15 is 0 Å². The molecule has 92 valence electrons. The van der Waals surface area contributed by atoms with E-state index in [1.807, 2.05) is 16.7 Å². The van der Waals surface area contributed by atoms with Crippen LogP contribution >= 0.6 is 11.8 Å². The second-order valence-electron chi connectivity index (χ2n) is 4.40. The summed E-state index contributed by atoms with van der Waals surface area (Å²) in [6, 6.07) is 0.0604. The number of hydrogen-bond acceptors (Lipinski definition) is 4. The molecule has 0 aliphatic carbocycles. The van der Waals surface area contributed by atoms with Gasteiger partial charge in [0.1, 0.15) is 0 Å². The third kappa shape index (κ3) is 2.90. The summed E-state index contributed by atoms with van der Waals surface area (Å²) in [5.74, 6) is 2.52. The first-order chi connectivity index (χ1) is 7.79. The van der Waals surface area contributed by atoms with Gasteiger partial charge in [-0.05, 0) is 6.92 Å². The van der Waals surface area contributed by atoms with Crippen LogP contribution < -0.4 is 5.32 Å². The van der Waals surface area contributed by atoms with Crippen molar-refractivity contribution >= 4 is 17.7 Å². The fourth-order valence-electron chi connectivity index (χ4n) is 2.27. The van der Waals surface area contributed by atoms with E-state index in [1.54, 1.807) is 0 Å². The van der Waals surface area contributed by atoms with Gasteiger partial charge in [0.15, 0.2) is 0 Å². The highest BCUT2D eigenvalue weighted by molar-refractivity contribution is 7.99. The van der Waals surface area contributed by atoms with Gasteiger partial charge in [0.05, 0.1) is 6.04 Å². The van der Waals surface area contributed by atoms with Crippen molar-refractivity contribution in [3.63, 3.8) is 0 Å². The van der Waals surface area contributed by atoms with Crippen LogP contribution in [-0.4, -0.2) is 72.5 Å². The number of amides is 1. The Bertz CT molecular complexity index is 237. The number of carbonyl (C=O) groups is 1. The topological polar surface area (TPSA) is 35.6 Å². The average Bonchev–Trinajstić information content (AvgIpc) is 2.39. The summed E-state index contributed by atoms with van der Waals surface area (Å²) in [6.07, 6.45) is 0. The quantitative estimate of drug-likeness (QED) is 0.732. The zero-order valence-corrected chi connectivity index (χ0v) is 10.8. The monoisotopic (exact) mass is 243 g/mol. The highest BCUT2D eigenvalue weighted by Crippen LogP contribution is 2.12. The van der Waals surface area contributed by atoms with E-state index in [0.717, 1.165) is 50.8 Å². The Labute approximate surface area is 102 Å². The summed E-state index contributed by atoms with van der Waals surface area (Å²) in [6.45, 7) is 7.92. The van der Waals surface area contributed by atoms with Crippen LogP contribution in [0.25, 0.3) is 0 Å². The van der Waals surface area contributed by atoms with Gasteiger partial charge in [0.2, 0.25) is 5.91 Å². The second kappa shape index (κ2) is 5.89. The van der Waals surface area contributed by atoms with Crippen LogP contribution in [0.3, 0.4) is 0 Å². The maximum absolute atomic E-state index is 12.3. The molecule has 1 unspecified atom stereocenters. The average molecular weight is 243 g/mol. The largest absolute Gasteiger partial charge is 0.340 e. The van der Waals surface area contributed by atoms with Crippen molar-refractivity contribution in [2.75, 3.05) is 50.8 Å². The maximum atomic E-state index is 12.3. The van der Waals surface area contributed by atoms with E-state index in [-0.39, 0.29) is 6.04 Å². The molecule has 0 radical (unpaired) electrons. The number of nitrogens with zero attached hydrogens (tertiary/aromatic N) is 2.